The van der Waals surface area contributed by atoms with Gasteiger partial charge in [-0.05, 0) is 44.2 Å². The normalized spacial score (nSPS) is 23.2. The van der Waals surface area contributed by atoms with Gasteiger partial charge in [-0.3, -0.25) is 0 Å². The average molecular weight is 258 g/mol. The van der Waals surface area contributed by atoms with Gasteiger partial charge in [0.05, 0.1) is 15.2 Å². The van der Waals surface area contributed by atoms with Gasteiger partial charge in [0.15, 0.2) is 0 Å². The minimum atomic E-state index is 0.217. The third-order valence-corrected chi connectivity index (χ3v) is 5.74. The molecule has 1 aromatic carbocycles. The van der Waals surface area contributed by atoms with Crippen molar-refractivity contribution in [2.24, 2.45) is 5.73 Å². The summed E-state index contributed by atoms with van der Waals surface area (Å²) in [6.45, 7) is 2.14. The van der Waals surface area contributed by atoms with Crippen LogP contribution in [0.5, 0.6) is 0 Å². The van der Waals surface area contributed by atoms with Crippen LogP contribution in [-0.2, 0) is 5.41 Å². The Bertz CT molecular complexity index is 606. The summed E-state index contributed by atoms with van der Waals surface area (Å²) in [6.07, 6.45) is 5.10. The van der Waals surface area contributed by atoms with Crippen LogP contribution in [0.4, 0.5) is 0 Å². The zero-order chi connectivity index (χ0) is 12.3. The van der Waals surface area contributed by atoms with Crippen LogP contribution in [0.1, 0.15) is 49.1 Å². The number of nitrogens with zero attached hydrogens (tertiary/aromatic N) is 1. The van der Waals surface area contributed by atoms with Gasteiger partial charge < -0.3 is 5.73 Å². The highest BCUT2D eigenvalue weighted by atomic mass is 32.1. The van der Waals surface area contributed by atoms with Crippen LogP contribution in [0.25, 0.3) is 10.2 Å². The van der Waals surface area contributed by atoms with Crippen LogP contribution in [0.15, 0.2) is 18.2 Å². The minimum Gasteiger partial charge on any atom is -0.327 e. The van der Waals surface area contributed by atoms with E-state index in [0.717, 1.165) is 5.92 Å². The van der Waals surface area contributed by atoms with Gasteiger partial charge in [-0.1, -0.05) is 12.1 Å². The van der Waals surface area contributed by atoms with Crippen molar-refractivity contribution in [3.8, 4) is 0 Å². The molecule has 18 heavy (non-hydrogen) atoms. The van der Waals surface area contributed by atoms with Crippen molar-refractivity contribution >= 4 is 21.6 Å². The van der Waals surface area contributed by atoms with Gasteiger partial charge in [0.1, 0.15) is 0 Å². The number of benzene rings is 1. The lowest BCUT2D eigenvalue weighted by molar-refractivity contribution is 0.560. The average Bonchev–Trinajstić information content (AvgIpc) is 3.24. The van der Waals surface area contributed by atoms with E-state index in [1.807, 2.05) is 11.3 Å². The van der Waals surface area contributed by atoms with Gasteiger partial charge >= 0.3 is 0 Å². The van der Waals surface area contributed by atoms with Crippen LogP contribution in [0.2, 0.25) is 0 Å². The van der Waals surface area contributed by atoms with Gasteiger partial charge in [-0.25, -0.2) is 4.98 Å². The molecule has 2 aromatic rings. The molecule has 2 N–H and O–H groups in total. The van der Waals surface area contributed by atoms with Crippen LogP contribution in [-0.4, -0.2) is 11.0 Å². The summed E-state index contributed by atoms with van der Waals surface area (Å²) in [5.74, 6) is 0.751. The molecule has 1 aromatic heterocycles. The summed E-state index contributed by atoms with van der Waals surface area (Å²) < 4.78 is 1.35. The van der Waals surface area contributed by atoms with E-state index in [0.29, 0.717) is 0 Å². The SMILES string of the molecule is CC(N)C1(c2cccc3sc(C4CC4)nc23)CC1. The number of para-hydroxylation sites is 1. The maximum absolute atomic E-state index is 6.21. The van der Waals surface area contributed by atoms with E-state index < -0.39 is 0 Å². The van der Waals surface area contributed by atoms with Crippen molar-refractivity contribution in [2.45, 2.75) is 50.0 Å². The summed E-state index contributed by atoms with van der Waals surface area (Å²) in [7, 11) is 0. The monoisotopic (exact) mass is 258 g/mol. The lowest BCUT2D eigenvalue weighted by atomic mass is 9.89. The van der Waals surface area contributed by atoms with Crippen molar-refractivity contribution in [3.05, 3.63) is 28.8 Å². The highest BCUT2D eigenvalue weighted by Gasteiger charge is 2.48. The molecule has 2 nitrogen and oxygen atoms in total. The van der Waals surface area contributed by atoms with Crippen LogP contribution < -0.4 is 5.73 Å². The molecule has 4 rings (SSSR count). The first-order chi connectivity index (χ1) is 8.71. The van der Waals surface area contributed by atoms with Crippen LogP contribution >= 0.6 is 11.3 Å². The lowest BCUT2D eigenvalue weighted by Gasteiger charge is -2.20. The molecule has 1 atom stereocenters. The molecule has 2 aliphatic carbocycles. The van der Waals surface area contributed by atoms with Crippen molar-refractivity contribution in [1.29, 1.82) is 0 Å². The number of fused-ring (bicyclic) bond motifs is 1. The fourth-order valence-corrected chi connectivity index (χ4v) is 4.14. The second-order valence-electron chi connectivity index (χ2n) is 5.92. The topological polar surface area (TPSA) is 38.9 Å². The summed E-state index contributed by atoms with van der Waals surface area (Å²) >= 11 is 1.89. The van der Waals surface area contributed by atoms with Gasteiger partial charge in [-0.15, -0.1) is 11.3 Å². The maximum atomic E-state index is 6.21. The summed E-state index contributed by atoms with van der Waals surface area (Å²) in [5.41, 5.74) is 9.06. The first-order valence-electron chi connectivity index (χ1n) is 6.86. The standard InChI is InChI=1S/C15H18N2S/c1-9(16)15(7-8-15)11-3-2-4-12-13(11)17-14(18-12)10-5-6-10/h2-4,9-10H,5-8,16H2,1H3. The molecule has 1 heterocycles. The fraction of sp³-hybridized carbons (Fsp3) is 0.533. The molecule has 2 fully saturated rings. The number of aromatic nitrogens is 1. The molecular formula is C15H18N2S. The number of hydrogen-bond acceptors (Lipinski definition) is 3. The highest BCUT2D eigenvalue weighted by Crippen LogP contribution is 2.53. The van der Waals surface area contributed by atoms with Gasteiger partial charge in [0.25, 0.3) is 0 Å². The molecule has 94 valence electrons. The van der Waals surface area contributed by atoms with Crippen molar-refractivity contribution in [2.75, 3.05) is 0 Å². The van der Waals surface area contributed by atoms with E-state index in [1.54, 1.807) is 0 Å². The Balaban J connectivity index is 1.89. The Labute approximate surface area is 111 Å². The molecule has 0 amide bonds. The third-order valence-electron chi connectivity index (χ3n) is 4.56. The van der Waals surface area contributed by atoms with E-state index in [9.17, 15) is 0 Å². The van der Waals surface area contributed by atoms with Gasteiger partial charge in [0, 0.05) is 17.4 Å². The number of nitrogens with two attached hydrogens (primary N) is 1. The number of thiazole rings is 1. The Morgan fingerprint density at radius 1 is 1.39 bits per heavy atom. The molecule has 3 heteroatoms. The Morgan fingerprint density at radius 3 is 2.78 bits per heavy atom. The Morgan fingerprint density at radius 2 is 2.17 bits per heavy atom. The molecule has 0 aliphatic heterocycles. The first-order valence-corrected chi connectivity index (χ1v) is 7.68. The van der Waals surface area contributed by atoms with E-state index in [4.69, 9.17) is 10.7 Å². The van der Waals surface area contributed by atoms with Crippen LogP contribution in [0, 0.1) is 0 Å². The highest BCUT2D eigenvalue weighted by molar-refractivity contribution is 7.18. The summed E-state index contributed by atoms with van der Waals surface area (Å²) in [5, 5.41) is 1.35. The quantitative estimate of drug-likeness (QED) is 0.914. The van der Waals surface area contributed by atoms with Gasteiger partial charge in [-0.2, -0.15) is 0 Å². The largest absolute Gasteiger partial charge is 0.327 e. The minimum absolute atomic E-state index is 0.217. The second kappa shape index (κ2) is 3.55. The Kier molecular flexibility index (Phi) is 2.16. The second-order valence-corrected chi connectivity index (χ2v) is 6.99. The molecule has 2 saturated carbocycles. The molecule has 0 radical (unpaired) electrons. The van der Waals surface area contributed by atoms with Crippen molar-refractivity contribution in [3.63, 3.8) is 0 Å². The predicted octanol–water partition coefficient (Wildman–Crippen LogP) is 3.55. The molecular weight excluding hydrogens is 240 g/mol. The van der Waals surface area contributed by atoms with Crippen LogP contribution in [0.3, 0.4) is 0 Å². The Hall–Kier alpha value is -0.930. The fourth-order valence-electron chi connectivity index (χ4n) is 2.98. The first kappa shape index (κ1) is 10.9. The zero-order valence-corrected chi connectivity index (χ0v) is 11.5. The summed E-state index contributed by atoms with van der Waals surface area (Å²) in [6, 6.07) is 6.86. The van der Waals surface area contributed by atoms with E-state index >= 15 is 0 Å². The van der Waals surface area contributed by atoms with E-state index in [2.05, 4.69) is 25.1 Å². The summed E-state index contributed by atoms with van der Waals surface area (Å²) in [4.78, 5) is 4.93. The van der Waals surface area contributed by atoms with Crippen molar-refractivity contribution < 1.29 is 0 Å². The molecule has 2 aliphatic rings. The molecule has 0 spiro atoms. The zero-order valence-electron chi connectivity index (χ0n) is 10.6. The molecule has 0 saturated heterocycles. The lowest BCUT2D eigenvalue weighted by Crippen LogP contribution is -2.31. The van der Waals surface area contributed by atoms with E-state index in [-0.39, 0.29) is 11.5 Å². The van der Waals surface area contributed by atoms with Crippen molar-refractivity contribution in [1.82, 2.24) is 4.98 Å². The van der Waals surface area contributed by atoms with Gasteiger partial charge in [0.2, 0.25) is 0 Å². The maximum Gasteiger partial charge on any atom is 0.0969 e. The number of hydrogen-bond donors (Lipinski definition) is 1. The molecule has 0 bridgehead atoms. The number of rotatable bonds is 3. The predicted molar refractivity (Wildman–Crippen MR) is 76.2 cm³/mol. The third kappa shape index (κ3) is 1.47. The molecule has 1 unspecified atom stereocenters. The smallest absolute Gasteiger partial charge is 0.0969 e. The van der Waals surface area contributed by atoms with E-state index in [1.165, 1.54) is 46.5 Å².